The van der Waals surface area contributed by atoms with Crippen molar-refractivity contribution in [1.82, 2.24) is 5.48 Å². The van der Waals surface area contributed by atoms with E-state index in [2.05, 4.69) is 5.48 Å². The lowest BCUT2D eigenvalue weighted by atomic mass is 10.1. The zero-order valence-corrected chi connectivity index (χ0v) is 11.2. The summed E-state index contributed by atoms with van der Waals surface area (Å²) in [5.41, 5.74) is 1.14. The van der Waals surface area contributed by atoms with E-state index in [1.165, 1.54) is 31.4 Å². The number of hydrogen-bond acceptors (Lipinski definition) is 4. The first-order chi connectivity index (χ1) is 8.95. The third-order valence-electron chi connectivity index (χ3n) is 2.29. The average Bonchev–Trinajstić information content (AvgIpc) is 2.37. The van der Waals surface area contributed by atoms with Crippen LogP contribution in [-0.2, 0) is 14.4 Å². The molecule has 0 radical (unpaired) electrons. The maximum atomic E-state index is 12.8. The second kappa shape index (κ2) is 7.06. The van der Waals surface area contributed by atoms with Gasteiger partial charge in [-0.2, -0.15) is 0 Å². The fourth-order valence-electron chi connectivity index (χ4n) is 1.21. The van der Waals surface area contributed by atoms with E-state index in [1.807, 2.05) is 0 Å². The van der Waals surface area contributed by atoms with Gasteiger partial charge in [0.15, 0.2) is 5.60 Å². The van der Waals surface area contributed by atoms with Crippen molar-refractivity contribution < 1.29 is 23.5 Å². The third-order valence-corrected chi connectivity index (χ3v) is 2.29. The second-order valence-electron chi connectivity index (χ2n) is 4.34. The predicted molar refractivity (Wildman–Crippen MR) is 67.1 cm³/mol. The Bertz CT molecular complexity index is 406. The average molecular weight is 271 g/mol. The predicted octanol–water partition coefficient (Wildman–Crippen LogP) is 1.68. The Hall–Kier alpha value is -1.66. The molecule has 5 nitrogen and oxygen atoms in total. The van der Waals surface area contributed by atoms with Gasteiger partial charge >= 0.3 is 0 Å². The molecule has 0 atom stereocenters. The van der Waals surface area contributed by atoms with E-state index in [-0.39, 0.29) is 12.4 Å². The molecule has 0 fully saturated rings. The van der Waals surface area contributed by atoms with Crippen molar-refractivity contribution in [3.63, 3.8) is 0 Å². The first-order valence-corrected chi connectivity index (χ1v) is 5.81. The largest absolute Gasteiger partial charge is 0.478 e. The van der Waals surface area contributed by atoms with E-state index in [4.69, 9.17) is 14.3 Å². The number of amides is 1. The molecule has 0 unspecified atom stereocenters. The molecule has 0 aliphatic rings. The van der Waals surface area contributed by atoms with Crippen molar-refractivity contribution in [1.29, 1.82) is 0 Å². The number of benzene rings is 1. The van der Waals surface area contributed by atoms with Crippen LogP contribution in [0.2, 0.25) is 0 Å². The summed E-state index contributed by atoms with van der Waals surface area (Å²) in [5.74, 6) is -0.399. The summed E-state index contributed by atoms with van der Waals surface area (Å²) in [6.07, 6.45) is 0. The lowest BCUT2D eigenvalue weighted by Gasteiger charge is -2.24. The molecule has 1 aromatic rings. The highest BCUT2D eigenvalue weighted by Gasteiger charge is 2.30. The fraction of sp³-hybridized carbons (Fsp3) is 0.462. The van der Waals surface area contributed by atoms with Gasteiger partial charge in [0, 0.05) is 7.11 Å². The normalized spacial score (nSPS) is 11.2. The van der Waals surface area contributed by atoms with Crippen LogP contribution >= 0.6 is 0 Å². The Morgan fingerprint density at radius 3 is 2.47 bits per heavy atom. The van der Waals surface area contributed by atoms with Crippen molar-refractivity contribution in [2.24, 2.45) is 0 Å². The molecule has 0 aliphatic heterocycles. The van der Waals surface area contributed by atoms with Crippen LogP contribution in [0.25, 0.3) is 0 Å². The van der Waals surface area contributed by atoms with Crippen molar-refractivity contribution in [3.8, 4) is 5.75 Å². The lowest BCUT2D eigenvalue weighted by molar-refractivity contribution is -0.148. The molecule has 0 aliphatic carbocycles. The van der Waals surface area contributed by atoms with E-state index in [9.17, 15) is 9.18 Å². The fourth-order valence-corrected chi connectivity index (χ4v) is 1.21. The SMILES string of the molecule is COCCONC(=O)C(C)(C)Oc1ccc(F)cc1. The first-order valence-electron chi connectivity index (χ1n) is 5.81. The molecule has 106 valence electrons. The smallest absolute Gasteiger partial charge is 0.287 e. The maximum absolute atomic E-state index is 12.8. The minimum Gasteiger partial charge on any atom is -0.478 e. The molecular formula is C13H18FNO4. The Balaban J connectivity index is 2.49. The number of halogens is 1. The third kappa shape index (κ3) is 5.23. The molecular weight excluding hydrogens is 253 g/mol. The van der Waals surface area contributed by atoms with Crippen LogP contribution in [0.5, 0.6) is 5.75 Å². The van der Waals surface area contributed by atoms with Crippen molar-refractivity contribution in [2.45, 2.75) is 19.4 Å². The number of hydroxylamine groups is 1. The van der Waals surface area contributed by atoms with Gasteiger partial charge in [-0.05, 0) is 38.1 Å². The highest BCUT2D eigenvalue weighted by atomic mass is 19.1. The number of carbonyl (C=O) groups excluding carboxylic acids is 1. The molecule has 1 amide bonds. The van der Waals surface area contributed by atoms with Crippen LogP contribution in [0, 0.1) is 5.82 Å². The van der Waals surface area contributed by atoms with Crippen molar-refractivity contribution in [3.05, 3.63) is 30.1 Å². The second-order valence-corrected chi connectivity index (χ2v) is 4.34. The van der Waals surface area contributed by atoms with E-state index >= 15 is 0 Å². The zero-order valence-electron chi connectivity index (χ0n) is 11.2. The Morgan fingerprint density at radius 2 is 1.89 bits per heavy atom. The van der Waals surface area contributed by atoms with Gasteiger partial charge in [-0.3, -0.25) is 9.63 Å². The number of carbonyl (C=O) groups is 1. The highest BCUT2D eigenvalue weighted by Crippen LogP contribution is 2.18. The molecule has 0 saturated carbocycles. The molecule has 1 rings (SSSR count). The van der Waals surface area contributed by atoms with E-state index in [0.29, 0.717) is 12.4 Å². The van der Waals surface area contributed by atoms with Gasteiger partial charge in [-0.15, -0.1) is 0 Å². The lowest BCUT2D eigenvalue weighted by Crippen LogP contribution is -2.46. The number of methoxy groups -OCH3 is 1. The number of hydrogen-bond donors (Lipinski definition) is 1. The molecule has 19 heavy (non-hydrogen) atoms. The minimum atomic E-state index is -1.13. The molecule has 0 spiro atoms. The standard InChI is InChI=1S/C13H18FNO4/c1-13(2,12(16)15-18-9-8-17-3)19-11-6-4-10(14)5-7-11/h4-7H,8-9H2,1-3H3,(H,15,16). The molecule has 0 bridgehead atoms. The number of ether oxygens (including phenoxy) is 2. The quantitative estimate of drug-likeness (QED) is 0.605. The van der Waals surface area contributed by atoms with Gasteiger partial charge in [0.05, 0.1) is 13.2 Å². The van der Waals surface area contributed by atoms with Gasteiger partial charge in [0.2, 0.25) is 0 Å². The summed E-state index contributed by atoms with van der Waals surface area (Å²) >= 11 is 0. The van der Waals surface area contributed by atoms with E-state index in [1.54, 1.807) is 13.8 Å². The van der Waals surface area contributed by atoms with Crippen LogP contribution in [0.4, 0.5) is 4.39 Å². The van der Waals surface area contributed by atoms with Gasteiger partial charge in [-0.25, -0.2) is 9.87 Å². The van der Waals surface area contributed by atoms with Gasteiger partial charge in [0.1, 0.15) is 11.6 Å². The van der Waals surface area contributed by atoms with Gasteiger partial charge in [0.25, 0.3) is 5.91 Å². The van der Waals surface area contributed by atoms with Crippen LogP contribution < -0.4 is 10.2 Å². The minimum absolute atomic E-state index is 0.245. The van der Waals surface area contributed by atoms with Crippen LogP contribution in [0.15, 0.2) is 24.3 Å². The Labute approximate surface area is 111 Å². The molecule has 0 saturated heterocycles. The van der Waals surface area contributed by atoms with Crippen LogP contribution in [0.1, 0.15) is 13.8 Å². The summed E-state index contributed by atoms with van der Waals surface area (Å²) in [6, 6.07) is 5.43. The maximum Gasteiger partial charge on any atom is 0.287 e. The summed E-state index contributed by atoms with van der Waals surface area (Å²) in [5, 5.41) is 0. The number of rotatable bonds is 7. The van der Waals surface area contributed by atoms with Gasteiger partial charge in [-0.1, -0.05) is 0 Å². The molecule has 1 N–H and O–H groups in total. The van der Waals surface area contributed by atoms with Gasteiger partial charge < -0.3 is 9.47 Å². The first kappa shape index (κ1) is 15.4. The van der Waals surface area contributed by atoms with Crippen molar-refractivity contribution >= 4 is 5.91 Å². The Kier molecular flexibility index (Phi) is 5.72. The topological polar surface area (TPSA) is 56.8 Å². The summed E-state index contributed by atoms with van der Waals surface area (Å²) < 4.78 is 23.0. The molecule has 1 aromatic carbocycles. The molecule has 6 heteroatoms. The van der Waals surface area contributed by atoms with Crippen molar-refractivity contribution in [2.75, 3.05) is 20.3 Å². The summed E-state index contributed by atoms with van der Waals surface area (Å²) in [7, 11) is 1.53. The summed E-state index contributed by atoms with van der Waals surface area (Å²) in [4.78, 5) is 16.7. The van der Waals surface area contributed by atoms with E-state index < -0.39 is 11.5 Å². The zero-order chi connectivity index (χ0) is 14.3. The highest BCUT2D eigenvalue weighted by molar-refractivity contribution is 5.83. The summed E-state index contributed by atoms with van der Waals surface area (Å²) in [6.45, 7) is 3.80. The van der Waals surface area contributed by atoms with Crippen LogP contribution in [-0.4, -0.2) is 31.8 Å². The molecule has 0 heterocycles. The monoisotopic (exact) mass is 271 g/mol. The Morgan fingerprint density at radius 1 is 1.26 bits per heavy atom. The molecule has 0 aromatic heterocycles. The van der Waals surface area contributed by atoms with Crippen LogP contribution in [0.3, 0.4) is 0 Å². The van der Waals surface area contributed by atoms with E-state index in [0.717, 1.165) is 0 Å². The number of nitrogens with one attached hydrogen (secondary N) is 1.